The van der Waals surface area contributed by atoms with E-state index in [2.05, 4.69) is 21.7 Å². The Bertz CT molecular complexity index is 487. The Labute approximate surface area is 101 Å². The predicted molar refractivity (Wildman–Crippen MR) is 67.9 cm³/mol. The lowest BCUT2D eigenvalue weighted by molar-refractivity contribution is -0.123. The number of hydrogen-bond acceptors (Lipinski definition) is 2. The van der Waals surface area contributed by atoms with E-state index in [1.807, 2.05) is 32.9 Å². The summed E-state index contributed by atoms with van der Waals surface area (Å²) in [5, 5.41) is 5.86. The summed E-state index contributed by atoms with van der Waals surface area (Å²) in [6.45, 7) is 5.93. The molecule has 2 N–H and O–H groups in total. The number of carbonyl (C=O) groups excluding carboxylic acids is 1. The molecule has 17 heavy (non-hydrogen) atoms. The van der Waals surface area contributed by atoms with E-state index in [9.17, 15) is 4.79 Å². The fourth-order valence-electron chi connectivity index (χ4n) is 2.14. The van der Waals surface area contributed by atoms with Crippen molar-refractivity contribution >= 4 is 11.9 Å². The highest BCUT2D eigenvalue weighted by molar-refractivity contribution is 6.09. The third-order valence-electron chi connectivity index (χ3n) is 3.08. The summed E-state index contributed by atoms with van der Waals surface area (Å²) in [6.07, 6.45) is 0. The number of nitrogens with zero attached hydrogens (tertiary/aromatic N) is 1. The van der Waals surface area contributed by atoms with Crippen LogP contribution in [0.1, 0.15) is 23.6 Å². The van der Waals surface area contributed by atoms with Gasteiger partial charge in [0.15, 0.2) is 5.96 Å². The second kappa shape index (κ2) is 3.87. The van der Waals surface area contributed by atoms with Crippen molar-refractivity contribution in [3.8, 4) is 0 Å². The first-order valence-corrected chi connectivity index (χ1v) is 5.61. The normalized spacial score (nSPS) is 25.9. The predicted octanol–water partition coefficient (Wildman–Crippen LogP) is 1.22. The van der Waals surface area contributed by atoms with Crippen LogP contribution in [-0.2, 0) is 10.3 Å². The van der Waals surface area contributed by atoms with Crippen molar-refractivity contribution in [1.82, 2.24) is 10.6 Å². The third-order valence-corrected chi connectivity index (χ3v) is 3.08. The number of guanidine groups is 1. The van der Waals surface area contributed by atoms with Gasteiger partial charge >= 0.3 is 0 Å². The second-order valence-corrected chi connectivity index (χ2v) is 4.65. The van der Waals surface area contributed by atoms with Crippen molar-refractivity contribution in [2.45, 2.75) is 26.3 Å². The third kappa shape index (κ3) is 1.90. The molecule has 1 aromatic rings. The standard InChI is InChI=1S/C13H17N3O/c1-8-5-9(2)7-10(6-8)13(3)11(17)15-12(14-4)16-13/h5-7H,1-4H3,(H2,14,15,16,17). The molecule has 1 unspecified atom stereocenters. The molecule has 1 amide bonds. The minimum absolute atomic E-state index is 0.0666. The molecule has 0 saturated carbocycles. The second-order valence-electron chi connectivity index (χ2n) is 4.65. The maximum Gasteiger partial charge on any atom is 0.256 e. The van der Waals surface area contributed by atoms with Crippen LogP contribution >= 0.6 is 0 Å². The van der Waals surface area contributed by atoms with Gasteiger partial charge in [0.25, 0.3) is 5.91 Å². The summed E-state index contributed by atoms with van der Waals surface area (Å²) in [5.41, 5.74) is 2.53. The maximum absolute atomic E-state index is 12.0. The molecular weight excluding hydrogens is 214 g/mol. The minimum atomic E-state index is -0.731. The fraction of sp³-hybridized carbons (Fsp3) is 0.385. The van der Waals surface area contributed by atoms with E-state index in [1.54, 1.807) is 7.05 Å². The lowest BCUT2D eigenvalue weighted by atomic mass is 9.90. The molecule has 0 radical (unpaired) electrons. The van der Waals surface area contributed by atoms with Crippen molar-refractivity contribution in [2.24, 2.45) is 4.99 Å². The van der Waals surface area contributed by atoms with E-state index in [0.717, 1.165) is 16.7 Å². The maximum atomic E-state index is 12.0. The summed E-state index contributed by atoms with van der Waals surface area (Å²) in [6, 6.07) is 6.14. The topological polar surface area (TPSA) is 53.5 Å². The van der Waals surface area contributed by atoms with Crippen molar-refractivity contribution in [2.75, 3.05) is 7.05 Å². The SMILES string of the molecule is CN=C1NC(=O)C(C)(c2cc(C)cc(C)c2)N1. The number of aryl methyl sites for hydroxylation is 2. The zero-order valence-electron chi connectivity index (χ0n) is 10.6. The van der Waals surface area contributed by atoms with Crippen LogP contribution in [0.4, 0.5) is 0 Å². The number of amides is 1. The first-order chi connectivity index (χ1) is 7.95. The van der Waals surface area contributed by atoms with E-state index >= 15 is 0 Å². The molecule has 2 rings (SSSR count). The van der Waals surface area contributed by atoms with E-state index in [-0.39, 0.29) is 5.91 Å². The van der Waals surface area contributed by atoms with Gasteiger partial charge in [-0.05, 0) is 26.3 Å². The molecule has 4 nitrogen and oxygen atoms in total. The zero-order valence-corrected chi connectivity index (χ0v) is 10.6. The molecule has 0 spiro atoms. The van der Waals surface area contributed by atoms with Gasteiger partial charge in [-0.1, -0.05) is 29.3 Å². The summed E-state index contributed by atoms with van der Waals surface area (Å²) in [7, 11) is 1.65. The summed E-state index contributed by atoms with van der Waals surface area (Å²) < 4.78 is 0. The van der Waals surface area contributed by atoms with Crippen LogP contribution in [0.3, 0.4) is 0 Å². The molecule has 4 heteroatoms. The summed E-state index contributed by atoms with van der Waals surface area (Å²) >= 11 is 0. The van der Waals surface area contributed by atoms with Crippen LogP contribution in [0.15, 0.2) is 23.2 Å². The molecule has 1 saturated heterocycles. The van der Waals surface area contributed by atoms with Gasteiger partial charge in [-0.15, -0.1) is 0 Å². The van der Waals surface area contributed by atoms with E-state index in [4.69, 9.17) is 0 Å². The monoisotopic (exact) mass is 231 g/mol. The summed E-state index contributed by atoms with van der Waals surface area (Å²) in [5.74, 6) is 0.458. The Morgan fingerprint density at radius 3 is 2.24 bits per heavy atom. The van der Waals surface area contributed by atoms with Gasteiger partial charge < -0.3 is 5.32 Å². The Morgan fingerprint density at radius 1 is 1.18 bits per heavy atom. The van der Waals surface area contributed by atoms with Crippen LogP contribution in [0.5, 0.6) is 0 Å². The van der Waals surface area contributed by atoms with Gasteiger partial charge in [-0.3, -0.25) is 15.1 Å². The smallest absolute Gasteiger partial charge is 0.256 e. The van der Waals surface area contributed by atoms with Crippen molar-refractivity contribution in [3.63, 3.8) is 0 Å². The highest BCUT2D eigenvalue weighted by Gasteiger charge is 2.42. The van der Waals surface area contributed by atoms with Crippen LogP contribution in [0, 0.1) is 13.8 Å². The van der Waals surface area contributed by atoms with Crippen molar-refractivity contribution < 1.29 is 4.79 Å². The van der Waals surface area contributed by atoms with E-state index in [0.29, 0.717) is 5.96 Å². The van der Waals surface area contributed by atoms with E-state index < -0.39 is 5.54 Å². The fourth-order valence-corrected chi connectivity index (χ4v) is 2.14. The van der Waals surface area contributed by atoms with Gasteiger partial charge in [0, 0.05) is 7.05 Å². The average molecular weight is 231 g/mol. The van der Waals surface area contributed by atoms with Crippen molar-refractivity contribution in [3.05, 3.63) is 34.9 Å². The van der Waals surface area contributed by atoms with Gasteiger partial charge in [0.1, 0.15) is 5.54 Å². The lowest BCUT2D eigenvalue weighted by Gasteiger charge is -2.22. The molecule has 0 aromatic heterocycles. The molecule has 0 aliphatic carbocycles. The highest BCUT2D eigenvalue weighted by Crippen LogP contribution is 2.26. The van der Waals surface area contributed by atoms with Gasteiger partial charge in [0.05, 0.1) is 0 Å². The lowest BCUT2D eigenvalue weighted by Crippen LogP contribution is -2.40. The van der Waals surface area contributed by atoms with Gasteiger partial charge in [-0.25, -0.2) is 0 Å². The first kappa shape index (κ1) is 11.6. The highest BCUT2D eigenvalue weighted by atomic mass is 16.2. The Hall–Kier alpha value is -1.84. The molecule has 1 fully saturated rings. The van der Waals surface area contributed by atoms with Crippen molar-refractivity contribution in [1.29, 1.82) is 0 Å². The summed E-state index contributed by atoms with van der Waals surface area (Å²) in [4.78, 5) is 16.0. The molecule has 0 bridgehead atoms. The van der Waals surface area contributed by atoms with Crippen LogP contribution in [0.25, 0.3) is 0 Å². The molecule has 90 valence electrons. The Morgan fingerprint density at radius 2 is 1.76 bits per heavy atom. The minimum Gasteiger partial charge on any atom is -0.338 e. The molecule has 1 atom stereocenters. The number of hydrogen-bond donors (Lipinski definition) is 2. The first-order valence-electron chi connectivity index (χ1n) is 5.61. The molecular formula is C13H17N3O. The molecule has 1 heterocycles. The van der Waals surface area contributed by atoms with Crippen LogP contribution in [0.2, 0.25) is 0 Å². The average Bonchev–Trinajstić information content (AvgIpc) is 2.55. The van der Waals surface area contributed by atoms with Crippen LogP contribution in [-0.4, -0.2) is 18.9 Å². The molecule has 1 aromatic carbocycles. The van der Waals surface area contributed by atoms with E-state index in [1.165, 1.54) is 0 Å². The largest absolute Gasteiger partial charge is 0.338 e. The number of nitrogens with one attached hydrogen (secondary N) is 2. The molecule has 1 aliphatic rings. The van der Waals surface area contributed by atoms with Gasteiger partial charge in [0.2, 0.25) is 0 Å². The quantitative estimate of drug-likeness (QED) is 0.763. The number of carbonyl (C=O) groups is 1. The number of aliphatic imine (C=N–C) groups is 1. The number of benzene rings is 1. The van der Waals surface area contributed by atoms with Gasteiger partial charge in [-0.2, -0.15) is 0 Å². The number of rotatable bonds is 1. The molecule has 1 aliphatic heterocycles. The Kier molecular flexibility index (Phi) is 2.65. The Balaban J connectivity index is 2.48. The van der Waals surface area contributed by atoms with Crippen LogP contribution < -0.4 is 10.6 Å². The zero-order chi connectivity index (χ0) is 12.6.